The minimum Gasteiger partial charge on any atom is -0.398 e. The van der Waals surface area contributed by atoms with Crippen LogP contribution in [-0.2, 0) is 10.0 Å². The molecule has 0 aliphatic heterocycles. The Bertz CT molecular complexity index is 577. The van der Waals surface area contributed by atoms with E-state index < -0.39 is 22.2 Å². The van der Waals surface area contributed by atoms with Crippen LogP contribution in [0.25, 0.3) is 0 Å². The smallest absolute Gasteiger partial charge is 0.240 e. The van der Waals surface area contributed by atoms with E-state index in [4.69, 9.17) is 17.3 Å². The van der Waals surface area contributed by atoms with Gasteiger partial charge in [0.2, 0.25) is 10.0 Å². The number of halogens is 1. The van der Waals surface area contributed by atoms with Crippen LogP contribution in [0.4, 0.5) is 5.69 Å². The zero-order valence-electron chi connectivity index (χ0n) is 11.0. The van der Waals surface area contributed by atoms with Gasteiger partial charge in [-0.2, -0.15) is 0 Å². The predicted molar refractivity (Wildman–Crippen MR) is 79.1 cm³/mol. The van der Waals surface area contributed by atoms with E-state index in [1.165, 1.54) is 18.2 Å². The summed E-state index contributed by atoms with van der Waals surface area (Å²) in [7, 11) is -3.70. The van der Waals surface area contributed by atoms with Crippen LogP contribution in [0.3, 0.4) is 0 Å². The lowest BCUT2D eigenvalue weighted by molar-refractivity contribution is 0.130. The molecule has 1 aromatic carbocycles. The summed E-state index contributed by atoms with van der Waals surface area (Å²) in [6, 6.07) is 3.74. The van der Waals surface area contributed by atoms with Gasteiger partial charge < -0.3 is 10.8 Å². The second-order valence-corrected chi connectivity index (χ2v) is 7.24. The molecule has 0 radical (unpaired) electrons. The molecule has 0 amide bonds. The van der Waals surface area contributed by atoms with E-state index in [0.29, 0.717) is 18.5 Å². The Kier molecular flexibility index (Phi) is 4.90. The van der Waals surface area contributed by atoms with Crippen LogP contribution < -0.4 is 10.5 Å². The number of anilines is 1. The molecule has 0 aromatic heterocycles. The van der Waals surface area contributed by atoms with Crippen LogP contribution in [0.5, 0.6) is 0 Å². The molecule has 112 valence electrons. The predicted octanol–water partition coefficient (Wildman–Crippen LogP) is 1.89. The highest BCUT2D eigenvalue weighted by atomic mass is 35.5. The van der Waals surface area contributed by atoms with Crippen LogP contribution in [-0.4, -0.2) is 25.7 Å². The van der Waals surface area contributed by atoms with Crippen LogP contribution in [0.15, 0.2) is 23.1 Å². The minimum atomic E-state index is -3.70. The molecule has 1 saturated carbocycles. The summed E-state index contributed by atoms with van der Waals surface area (Å²) in [4.78, 5) is 0.0631. The Labute approximate surface area is 124 Å². The van der Waals surface area contributed by atoms with Crippen molar-refractivity contribution in [2.45, 2.75) is 49.1 Å². The molecule has 1 aromatic rings. The van der Waals surface area contributed by atoms with Crippen LogP contribution >= 0.6 is 11.6 Å². The normalized spacial score (nSPS) is 24.3. The maximum Gasteiger partial charge on any atom is 0.240 e. The molecule has 20 heavy (non-hydrogen) atoms. The quantitative estimate of drug-likeness (QED) is 0.586. The lowest BCUT2D eigenvalue weighted by Gasteiger charge is -2.21. The van der Waals surface area contributed by atoms with Gasteiger partial charge >= 0.3 is 0 Å². The summed E-state index contributed by atoms with van der Waals surface area (Å²) in [6.45, 7) is 0. The summed E-state index contributed by atoms with van der Waals surface area (Å²) in [5, 5.41) is 10.2. The first-order valence-electron chi connectivity index (χ1n) is 6.65. The summed E-state index contributed by atoms with van der Waals surface area (Å²) < 4.78 is 27.2. The third-order valence-electron chi connectivity index (χ3n) is 3.57. The summed E-state index contributed by atoms with van der Waals surface area (Å²) in [5.74, 6) is 0. The van der Waals surface area contributed by atoms with Gasteiger partial charge in [-0.3, -0.25) is 0 Å². The Morgan fingerprint density at radius 3 is 2.65 bits per heavy atom. The zero-order valence-corrected chi connectivity index (χ0v) is 12.6. The maximum absolute atomic E-state index is 12.3. The van der Waals surface area contributed by atoms with Gasteiger partial charge in [-0.15, -0.1) is 0 Å². The van der Waals surface area contributed by atoms with Gasteiger partial charge in [-0.1, -0.05) is 30.9 Å². The van der Waals surface area contributed by atoms with Crippen molar-refractivity contribution in [2.75, 3.05) is 5.73 Å². The SMILES string of the molecule is Nc1ccc(S(=O)(=O)NC2CCCCCC2O)cc1Cl. The molecule has 7 heteroatoms. The second kappa shape index (κ2) is 6.30. The second-order valence-electron chi connectivity index (χ2n) is 5.12. The van der Waals surface area contributed by atoms with Crippen molar-refractivity contribution >= 4 is 27.3 Å². The largest absolute Gasteiger partial charge is 0.398 e. The van der Waals surface area contributed by atoms with Gasteiger partial charge in [0.1, 0.15) is 0 Å². The van der Waals surface area contributed by atoms with Crippen molar-refractivity contribution < 1.29 is 13.5 Å². The highest BCUT2D eigenvalue weighted by Gasteiger charge is 2.27. The van der Waals surface area contributed by atoms with Crippen molar-refractivity contribution in [3.63, 3.8) is 0 Å². The van der Waals surface area contributed by atoms with Gasteiger partial charge in [0, 0.05) is 6.04 Å². The first-order chi connectivity index (χ1) is 9.40. The van der Waals surface area contributed by atoms with Crippen molar-refractivity contribution in [1.29, 1.82) is 0 Å². The fourth-order valence-corrected chi connectivity index (χ4v) is 3.94. The molecule has 1 aliphatic carbocycles. The Hall–Kier alpha value is -0.820. The van der Waals surface area contributed by atoms with Crippen LogP contribution in [0.1, 0.15) is 32.1 Å². The van der Waals surface area contributed by atoms with Gasteiger partial charge in [-0.05, 0) is 31.0 Å². The van der Waals surface area contributed by atoms with E-state index in [1.807, 2.05) is 0 Å². The molecule has 2 rings (SSSR count). The van der Waals surface area contributed by atoms with Gasteiger partial charge in [0.25, 0.3) is 0 Å². The van der Waals surface area contributed by atoms with E-state index in [0.717, 1.165) is 19.3 Å². The summed E-state index contributed by atoms with van der Waals surface area (Å²) >= 11 is 5.85. The number of hydrogen-bond acceptors (Lipinski definition) is 4. The molecule has 0 spiro atoms. The number of rotatable bonds is 3. The lowest BCUT2D eigenvalue weighted by Crippen LogP contribution is -2.42. The molecule has 2 unspecified atom stereocenters. The third kappa shape index (κ3) is 3.63. The number of aliphatic hydroxyl groups excluding tert-OH is 1. The lowest BCUT2D eigenvalue weighted by atomic mass is 10.1. The molecular formula is C13H19ClN2O3S. The Balaban J connectivity index is 2.19. The van der Waals surface area contributed by atoms with Gasteiger partial charge in [-0.25, -0.2) is 13.1 Å². The third-order valence-corrected chi connectivity index (χ3v) is 5.38. The van der Waals surface area contributed by atoms with Crippen molar-refractivity contribution in [3.05, 3.63) is 23.2 Å². The fraction of sp³-hybridized carbons (Fsp3) is 0.538. The summed E-state index contributed by atoms with van der Waals surface area (Å²) in [5.41, 5.74) is 5.91. The van der Waals surface area contributed by atoms with Crippen molar-refractivity contribution in [2.24, 2.45) is 0 Å². The maximum atomic E-state index is 12.3. The first-order valence-corrected chi connectivity index (χ1v) is 8.52. The molecule has 4 N–H and O–H groups in total. The Morgan fingerprint density at radius 1 is 1.25 bits per heavy atom. The molecular weight excluding hydrogens is 300 g/mol. The number of sulfonamides is 1. The highest BCUT2D eigenvalue weighted by molar-refractivity contribution is 7.89. The average molecular weight is 319 g/mol. The molecule has 5 nitrogen and oxygen atoms in total. The number of nitrogen functional groups attached to an aromatic ring is 1. The molecule has 1 fully saturated rings. The van der Waals surface area contributed by atoms with Crippen LogP contribution in [0.2, 0.25) is 5.02 Å². The summed E-state index contributed by atoms with van der Waals surface area (Å²) in [6.07, 6.45) is 3.47. The molecule has 2 atom stereocenters. The monoisotopic (exact) mass is 318 g/mol. The standard InChI is InChI=1S/C13H19ClN2O3S/c14-10-8-9(6-7-11(10)15)20(18,19)16-12-4-2-1-3-5-13(12)17/h6-8,12-13,16-17H,1-5,15H2. The van der Waals surface area contributed by atoms with E-state index in [-0.39, 0.29) is 9.92 Å². The van der Waals surface area contributed by atoms with Crippen molar-refractivity contribution in [3.8, 4) is 0 Å². The molecule has 0 bridgehead atoms. The van der Waals surface area contributed by atoms with Crippen LogP contribution in [0, 0.1) is 0 Å². The average Bonchev–Trinajstić information content (AvgIpc) is 2.58. The fourth-order valence-electron chi connectivity index (χ4n) is 2.37. The number of aliphatic hydroxyl groups is 1. The van der Waals surface area contributed by atoms with Gasteiger partial charge in [0.05, 0.1) is 21.7 Å². The van der Waals surface area contributed by atoms with E-state index in [1.54, 1.807) is 0 Å². The Morgan fingerprint density at radius 2 is 1.95 bits per heavy atom. The first kappa shape index (κ1) is 15.6. The molecule has 0 saturated heterocycles. The van der Waals surface area contributed by atoms with Crippen molar-refractivity contribution in [1.82, 2.24) is 4.72 Å². The topological polar surface area (TPSA) is 92.4 Å². The van der Waals surface area contributed by atoms with E-state index in [2.05, 4.69) is 4.72 Å². The number of hydrogen-bond donors (Lipinski definition) is 3. The number of nitrogens with one attached hydrogen (secondary N) is 1. The number of benzene rings is 1. The minimum absolute atomic E-state index is 0.0631. The highest BCUT2D eigenvalue weighted by Crippen LogP contribution is 2.24. The zero-order chi connectivity index (χ0) is 14.8. The molecule has 0 heterocycles. The van der Waals surface area contributed by atoms with E-state index in [9.17, 15) is 13.5 Å². The number of nitrogens with two attached hydrogens (primary N) is 1. The molecule has 1 aliphatic rings. The van der Waals surface area contributed by atoms with E-state index >= 15 is 0 Å². The van der Waals surface area contributed by atoms with Gasteiger partial charge in [0.15, 0.2) is 0 Å².